The van der Waals surface area contributed by atoms with Crippen molar-refractivity contribution in [1.82, 2.24) is 5.32 Å². The minimum Gasteiger partial charge on any atom is -0.544 e. The molecule has 0 heterocycles. The van der Waals surface area contributed by atoms with Gasteiger partial charge in [-0.05, 0) is 69.1 Å². The highest BCUT2D eigenvalue weighted by atomic mass is 35.5. The van der Waals surface area contributed by atoms with Crippen LogP contribution in [0.2, 0.25) is 18.1 Å². The van der Waals surface area contributed by atoms with Gasteiger partial charge in [0.1, 0.15) is 16.1 Å². The van der Waals surface area contributed by atoms with Crippen LogP contribution in [0.3, 0.4) is 0 Å². The Morgan fingerprint density at radius 2 is 1.68 bits per heavy atom. The van der Waals surface area contributed by atoms with Crippen molar-refractivity contribution in [3.63, 3.8) is 0 Å². The van der Waals surface area contributed by atoms with E-state index >= 15 is 0 Å². The van der Waals surface area contributed by atoms with Crippen molar-refractivity contribution in [2.75, 3.05) is 0 Å². The Bertz CT molecular complexity index is 837. The average Bonchev–Trinajstić information content (AvgIpc) is 2.52. The molecule has 0 aromatic heterocycles. The summed E-state index contributed by atoms with van der Waals surface area (Å²) in [5.41, 5.74) is 0.115. The lowest BCUT2D eigenvalue weighted by molar-refractivity contribution is 0.0514. The lowest BCUT2D eigenvalue weighted by Crippen LogP contribution is -2.43. The highest BCUT2D eigenvalue weighted by Crippen LogP contribution is 2.47. The van der Waals surface area contributed by atoms with Gasteiger partial charge in [-0.15, -0.1) is 0 Å². The quantitative estimate of drug-likeness (QED) is 0.330. The maximum atomic E-state index is 12.2. The van der Waals surface area contributed by atoms with Crippen molar-refractivity contribution < 1.29 is 28.3 Å². The lowest BCUT2D eigenvalue weighted by atomic mass is 10.1. The first-order valence-corrected chi connectivity index (χ1v) is 14.9. The minimum atomic E-state index is -4.63. The number of alkyl carbamates (subject to hydrolysis) is 1. The Labute approximate surface area is 191 Å². The van der Waals surface area contributed by atoms with Gasteiger partial charge in [-0.25, -0.2) is 4.79 Å². The van der Waals surface area contributed by atoms with Crippen LogP contribution in [0.15, 0.2) is 35.1 Å². The van der Waals surface area contributed by atoms with Crippen LogP contribution in [0.1, 0.15) is 47.1 Å². The van der Waals surface area contributed by atoms with E-state index in [9.17, 15) is 19.1 Å². The molecule has 1 amide bonds. The van der Waals surface area contributed by atoms with E-state index in [2.05, 4.69) is 39.2 Å². The number of carbonyl (C=O) groups is 1. The highest BCUT2D eigenvalue weighted by molar-refractivity contribution is 7.59. The van der Waals surface area contributed by atoms with Gasteiger partial charge in [-0.3, -0.25) is 4.57 Å². The fourth-order valence-corrected chi connectivity index (χ4v) is 3.83. The summed E-state index contributed by atoms with van der Waals surface area (Å²) in [7, 11) is -6.60. The maximum absolute atomic E-state index is 12.2. The Kier molecular flexibility index (Phi) is 9.02. The molecule has 0 saturated heterocycles. The summed E-state index contributed by atoms with van der Waals surface area (Å²) in [5, 5.41) is 2.68. The third-order valence-electron chi connectivity index (χ3n) is 4.88. The summed E-state index contributed by atoms with van der Waals surface area (Å²) in [5.74, 6) is 0.760. The van der Waals surface area contributed by atoms with E-state index in [1.54, 1.807) is 20.8 Å². The van der Waals surface area contributed by atoms with Gasteiger partial charge in [0.25, 0.3) is 0 Å². The summed E-state index contributed by atoms with van der Waals surface area (Å²) in [4.78, 5) is 30.8. The average molecular weight is 492 g/mol. The molecule has 0 aliphatic carbocycles. The van der Waals surface area contributed by atoms with Crippen LogP contribution in [-0.2, 0) is 15.7 Å². The van der Waals surface area contributed by atoms with Gasteiger partial charge in [-0.1, -0.05) is 44.5 Å². The van der Waals surface area contributed by atoms with Gasteiger partial charge in [0, 0.05) is 0 Å². The smallest absolute Gasteiger partial charge is 0.408 e. The van der Waals surface area contributed by atoms with E-state index in [1.807, 2.05) is 24.3 Å². The predicted molar refractivity (Wildman–Crippen MR) is 127 cm³/mol. The molecule has 1 rings (SSSR count). The van der Waals surface area contributed by atoms with Gasteiger partial charge in [0.2, 0.25) is 8.32 Å². The molecule has 3 N–H and O–H groups in total. The highest BCUT2D eigenvalue weighted by Gasteiger charge is 2.38. The maximum Gasteiger partial charge on any atom is 0.408 e. The van der Waals surface area contributed by atoms with Gasteiger partial charge >= 0.3 is 13.7 Å². The largest absolute Gasteiger partial charge is 0.544 e. The van der Waals surface area contributed by atoms with Crippen molar-refractivity contribution in [2.24, 2.45) is 0 Å². The standard InChI is InChI=1S/C21H35ClNO6PSi/c1-20(2,3)28-19(24)23-16(14-18(22)30(25,26)27)13-15-9-11-17(12-10-15)29-31(7,8)21(4,5)6/h9-12,14,16H,13H2,1-8H3,(H,23,24)(H2,25,26,27)/b18-14-/t16-/m1/s1. The number of benzene rings is 1. The fraction of sp³-hybridized carbons (Fsp3) is 0.571. The molecule has 10 heteroatoms. The Hall–Kier alpha value is -1.31. The number of amides is 1. The zero-order chi connectivity index (χ0) is 24.3. The second-order valence-corrected chi connectivity index (χ2v) is 17.0. The van der Waals surface area contributed by atoms with Crippen molar-refractivity contribution in [3.05, 3.63) is 40.7 Å². The van der Waals surface area contributed by atoms with Gasteiger partial charge in [0.05, 0.1) is 6.04 Å². The molecule has 0 bridgehead atoms. The molecule has 0 aliphatic rings. The molecule has 0 unspecified atom stereocenters. The van der Waals surface area contributed by atoms with Crippen LogP contribution in [0.4, 0.5) is 4.79 Å². The van der Waals surface area contributed by atoms with E-state index in [4.69, 9.17) is 20.8 Å². The van der Waals surface area contributed by atoms with Crippen molar-refractivity contribution in [2.45, 2.75) is 77.7 Å². The number of hydrogen-bond acceptors (Lipinski definition) is 4. The number of halogens is 1. The number of rotatable bonds is 7. The third kappa shape index (κ3) is 9.79. The monoisotopic (exact) mass is 491 g/mol. The molecule has 1 aromatic carbocycles. The van der Waals surface area contributed by atoms with E-state index in [-0.39, 0.29) is 11.5 Å². The molecule has 1 atom stereocenters. The van der Waals surface area contributed by atoms with Gasteiger partial charge in [-0.2, -0.15) is 0 Å². The molecule has 0 aliphatic heterocycles. The van der Waals surface area contributed by atoms with Crippen LogP contribution in [0, 0.1) is 0 Å². The normalized spacial score (nSPS) is 14.7. The first-order valence-electron chi connectivity index (χ1n) is 10.0. The number of nitrogens with one attached hydrogen (secondary N) is 1. The van der Waals surface area contributed by atoms with Crippen molar-refractivity contribution in [3.8, 4) is 5.75 Å². The SMILES string of the molecule is CC(C)(C)OC(=O)N[C@@H](/C=C(/Cl)P(=O)(O)O)Cc1ccc(O[Si](C)(C)C(C)(C)C)cc1. The molecule has 0 saturated carbocycles. The van der Waals surface area contributed by atoms with Crippen molar-refractivity contribution >= 4 is 33.6 Å². The van der Waals surface area contributed by atoms with Crippen LogP contribution in [0.25, 0.3) is 0 Å². The van der Waals surface area contributed by atoms with E-state index < -0.39 is 38.4 Å². The number of carbonyl (C=O) groups excluding carboxylic acids is 1. The predicted octanol–water partition coefficient (Wildman–Crippen LogP) is 5.76. The first kappa shape index (κ1) is 27.7. The molecule has 1 aromatic rings. The van der Waals surface area contributed by atoms with E-state index in [0.29, 0.717) is 0 Å². The summed E-state index contributed by atoms with van der Waals surface area (Å²) < 4.78 is 22.3. The van der Waals surface area contributed by atoms with Crippen LogP contribution < -0.4 is 9.74 Å². The van der Waals surface area contributed by atoms with Crippen LogP contribution in [-0.4, -0.2) is 35.8 Å². The Morgan fingerprint density at radius 3 is 2.10 bits per heavy atom. The van der Waals surface area contributed by atoms with Gasteiger partial charge < -0.3 is 24.3 Å². The molecule has 0 fully saturated rings. The van der Waals surface area contributed by atoms with Crippen LogP contribution in [0.5, 0.6) is 5.75 Å². The fourth-order valence-electron chi connectivity index (χ4n) is 2.27. The summed E-state index contributed by atoms with van der Waals surface area (Å²) in [6, 6.07) is 6.64. The molecule has 7 nitrogen and oxygen atoms in total. The summed E-state index contributed by atoms with van der Waals surface area (Å²) in [6.45, 7) is 16.0. The molecular weight excluding hydrogens is 457 g/mol. The molecule has 31 heavy (non-hydrogen) atoms. The second kappa shape index (κ2) is 10.1. The van der Waals surface area contributed by atoms with E-state index in [1.165, 1.54) is 0 Å². The topological polar surface area (TPSA) is 105 Å². The summed E-state index contributed by atoms with van der Waals surface area (Å²) >= 11 is 5.77. The van der Waals surface area contributed by atoms with Gasteiger partial charge in [0.15, 0.2) is 0 Å². The first-order chi connectivity index (χ1) is 13.8. The Balaban J connectivity index is 3.03. The molecule has 0 spiro atoms. The van der Waals surface area contributed by atoms with Crippen LogP contribution >= 0.6 is 19.2 Å². The Morgan fingerprint density at radius 1 is 1.16 bits per heavy atom. The van der Waals surface area contributed by atoms with Crippen molar-refractivity contribution in [1.29, 1.82) is 0 Å². The minimum absolute atomic E-state index is 0.0676. The number of hydrogen-bond donors (Lipinski definition) is 3. The summed E-state index contributed by atoms with van der Waals surface area (Å²) in [6.07, 6.45) is 0.698. The number of ether oxygens (including phenoxy) is 1. The molecule has 176 valence electrons. The second-order valence-electron chi connectivity index (χ2n) is 10.00. The third-order valence-corrected chi connectivity index (χ3v) is 10.7. The zero-order valence-corrected chi connectivity index (χ0v) is 22.2. The molecular formula is C21H35ClNO6PSi. The van der Waals surface area contributed by atoms with E-state index in [0.717, 1.165) is 17.4 Å². The zero-order valence-electron chi connectivity index (χ0n) is 19.5. The molecule has 0 radical (unpaired) electrons. The lowest BCUT2D eigenvalue weighted by Gasteiger charge is -2.36.